The van der Waals surface area contributed by atoms with Crippen LogP contribution in [0.25, 0.3) is 11.6 Å². The van der Waals surface area contributed by atoms with Crippen molar-refractivity contribution in [2.45, 2.75) is 6.92 Å². The normalized spacial score (nSPS) is 11.1. The van der Waals surface area contributed by atoms with Gasteiger partial charge in [0.25, 0.3) is 0 Å². The highest BCUT2D eigenvalue weighted by Gasteiger charge is 2.16. The molecule has 2 rings (SSSR count). The van der Waals surface area contributed by atoms with Crippen LogP contribution in [0.3, 0.4) is 0 Å². The number of carboxylic acid groups (broad SMARTS) is 1. The summed E-state index contributed by atoms with van der Waals surface area (Å²) in [6.45, 7) is 1.91. The zero-order valence-electron chi connectivity index (χ0n) is 12.8. The Hall–Kier alpha value is -2.75. The van der Waals surface area contributed by atoms with Gasteiger partial charge in [0.05, 0.1) is 19.8 Å². The molecule has 114 valence electrons. The van der Waals surface area contributed by atoms with E-state index < -0.39 is 5.97 Å². The minimum absolute atomic E-state index is 0.157. The van der Waals surface area contributed by atoms with Crippen molar-refractivity contribution in [3.63, 3.8) is 0 Å². The van der Waals surface area contributed by atoms with Crippen molar-refractivity contribution >= 4 is 17.6 Å². The van der Waals surface area contributed by atoms with Crippen LogP contribution in [0.2, 0.25) is 0 Å². The van der Waals surface area contributed by atoms with Gasteiger partial charge in [-0.3, -0.25) is 0 Å². The van der Waals surface area contributed by atoms with Crippen molar-refractivity contribution in [2.24, 2.45) is 0 Å². The molecule has 0 fully saturated rings. The second-order valence-electron chi connectivity index (χ2n) is 4.81. The summed E-state index contributed by atoms with van der Waals surface area (Å²) in [5, 5.41) is 9.60. The molecule has 22 heavy (non-hydrogen) atoms. The van der Waals surface area contributed by atoms with E-state index in [-0.39, 0.29) is 5.57 Å². The van der Waals surface area contributed by atoms with Gasteiger partial charge in [0, 0.05) is 11.1 Å². The molecule has 0 saturated carbocycles. The fourth-order valence-electron chi connectivity index (χ4n) is 2.23. The van der Waals surface area contributed by atoms with Crippen molar-refractivity contribution in [3.8, 4) is 11.5 Å². The monoisotopic (exact) mass is 298 g/mol. The molecule has 0 radical (unpaired) electrons. The predicted molar refractivity (Wildman–Crippen MR) is 86.2 cm³/mol. The average Bonchev–Trinajstić information content (AvgIpc) is 2.52. The summed E-state index contributed by atoms with van der Waals surface area (Å²) in [5.41, 5.74) is 2.36. The highest BCUT2D eigenvalue weighted by molar-refractivity contribution is 6.21. The molecule has 0 spiro atoms. The number of carbonyl (C=O) groups is 1. The molecule has 4 heteroatoms. The number of hydrogen-bond donors (Lipinski definition) is 1. The van der Waals surface area contributed by atoms with Gasteiger partial charge in [-0.15, -0.1) is 0 Å². The maximum Gasteiger partial charge on any atom is 0.336 e. The molecule has 0 aliphatic heterocycles. The van der Waals surface area contributed by atoms with Gasteiger partial charge in [-0.2, -0.15) is 0 Å². The maximum atomic E-state index is 11.7. The lowest BCUT2D eigenvalue weighted by Crippen LogP contribution is -2.02. The summed E-state index contributed by atoms with van der Waals surface area (Å²) in [6.07, 6.45) is 1.60. The number of benzene rings is 2. The molecular weight excluding hydrogens is 280 g/mol. The standard InChI is InChI=1S/C18H18O4/c1-12-8-9-17(22-3)14(10-12)15(18(19)20)11-13-6-4-5-7-16(13)21-2/h4-11H,1-3H3,(H,19,20)/b15-11-. The lowest BCUT2D eigenvalue weighted by atomic mass is 9.99. The summed E-state index contributed by atoms with van der Waals surface area (Å²) < 4.78 is 10.6. The molecule has 0 aromatic heterocycles. The minimum atomic E-state index is -1.02. The van der Waals surface area contributed by atoms with E-state index in [0.717, 1.165) is 5.56 Å². The van der Waals surface area contributed by atoms with Crippen LogP contribution < -0.4 is 9.47 Å². The Kier molecular flexibility index (Phi) is 4.84. The first-order chi connectivity index (χ1) is 10.6. The molecule has 2 aromatic carbocycles. The number of para-hydroxylation sites is 1. The molecular formula is C18H18O4. The zero-order valence-corrected chi connectivity index (χ0v) is 12.8. The molecule has 0 amide bonds. The third kappa shape index (κ3) is 3.28. The second kappa shape index (κ2) is 6.80. The van der Waals surface area contributed by atoms with E-state index in [1.807, 2.05) is 31.2 Å². The van der Waals surface area contributed by atoms with Gasteiger partial charge in [0.2, 0.25) is 0 Å². The summed E-state index contributed by atoms with van der Waals surface area (Å²) in [6, 6.07) is 12.7. The fraction of sp³-hybridized carbons (Fsp3) is 0.167. The van der Waals surface area contributed by atoms with Gasteiger partial charge in [-0.1, -0.05) is 29.8 Å². The maximum absolute atomic E-state index is 11.7. The van der Waals surface area contributed by atoms with E-state index in [2.05, 4.69) is 0 Å². The van der Waals surface area contributed by atoms with Crippen LogP contribution in [0.15, 0.2) is 42.5 Å². The van der Waals surface area contributed by atoms with Gasteiger partial charge in [-0.25, -0.2) is 4.79 Å². The van der Waals surface area contributed by atoms with Crippen molar-refractivity contribution < 1.29 is 19.4 Å². The molecule has 2 aromatic rings. The van der Waals surface area contributed by atoms with Crippen molar-refractivity contribution in [3.05, 3.63) is 59.2 Å². The zero-order chi connectivity index (χ0) is 16.1. The molecule has 0 heterocycles. The molecule has 0 saturated heterocycles. The quantitative estimate of drug-likeness (QED) is 0.676. The first-order valence-electron chi connectivity index (χ1n) is 6.80. The number of carboxylic acids is 1. The number of ether oxygens (including phenoxy) is 2. The first kappa shape index (κ1) is 15.6. The number of hydrogen-bond acceptors (Lipinski definition) is 3. The van der Waals surface area contributed by atoms with Crippen molar-refractivity contribution in [2.75, 3.05) is 14.2 Å². The Morgan fingerprint density at radius 1 is 1.05 bits per heavy atom. The number of aliphatic carboxylic acids is 1. The van der Waals surface area contributed by atoms with Crippen LogP contribution in [-0.4, -0.2) is 25.3 Å². The minimum Gasteiger partial charge on any atom is -0.496 e. The molecule has 0 atom stereocenters. The Labute approximate surface area is 129 Å². The molecule has 1 N–H and O–H groups in total. The molecule has 0 unspecified atom stereocenters. The van der Waals surface area contributed by atoms with Crippen LogP contribution in [0, 0.1) is 6.92 Å². The first-order valence-corrected chi connectivity index (χ1v) is 6.80. The van der Waals surface area contributed by atoms with Crippen LogP contribution in [-0.2, 0) is 4.79 Å². The van der Waals surface area contributed by atoms with Crippen LogP contribution >= 0.6 is 0 Å². The topological polar surface area (TPSA) is 55.8 Å². The average molecular weight is 298 g/mol. The van der Waals surface area contributed by atoms with Gasteiger partial charge in [0.15, 0.2) is 0 Å². The molecule has 0 bridgehead atoms. The Bertz CT molecular complexity index is 717. The van der Waals surface area contributed by atoms with E-state index in [4.69, 9.17) is 9.47 Å². The van der Waals surface area contributed by atoms with Crippen LogP contribution in [0.5, 0.6) is 11.5 Å². The predicted octanol–water partition coefficient (Wildman–Crippen LogP) is 3.64. The van der Waals surface area contributed by atoms with Gasteiger partial charge >= 0.3 is 5.97 Å². The summed E-state index contributed by atoms with van der Waals surface area (Å²) in [7, 11) is 3.08. The fourth-order valence-corrected chi connectivity index (χ4v) is 2.23. The summed E-state index contributed by atoms with van der Waals surface area (Å²) >= 11 is 0. The lowest BCUT2D eigenvalue weighted by Gasteiger charge is -2.11. The summed E-state index contributed by atoms with van der Waals surface area (Å²) in [5.74, 6) is 0.122. The third-order valence-corrected chi connectivity index (χ3v) is 3.31. The van der Waals surface area contributed by atoms with Crippen molar-refractivity contribution in [1.29, 1.82) is 0 Å². The smallest absolute Gasteiger partial charge is 0.336 e. The van der Waals surface area contributed by atoms with E-state index in [1.54, 1.807) is 31.4 Å². The van der Waals surface area contributed by atoms with Crippen LogP contribution in [0.1, 0.15) is 16.7 Å². The lowest BCUT2D eigenvalue weighted by molar-refractivity contribution is -0.130. The third-order valence-electron chi connectivity index (χ3n) is 3.31. The second-order valence-corrected chi connectivity index (χ2v) is 4.81. The number of methoxy groups -OCH3 is 2. The number of aryl methyl sites for hydroxylation is 1. The number of rotatable bonds is 5. The van der Waals surface area contributed by atoms with E-state index >= 15 is 0 Å². The van der Waals surface area contributed by atoms with Gasteiger partial charge in [-0.05, 0) is 31.2 Å². The molecule has 0 aliphatic carbocycles. The van der Waals surface area contributed by atoms with Gasteiger partial charge in [0.1, 0.15) is 11.5 Å². The highest BCUT2D eigenvalue weighted by Crippen LogP contribution is 2.31. The Morgan fingerprint density at radius 2 is 1.73 bits per heavy atom. The Balaban J connectivity index is 2.63. The van der Waals surface area contributed by atoms with Crippen LogP contribution in [0.4, 0.5) is 0 Å². The Morgan fingerprint density at radius 3 is 2.36 bits per heavy atom. The van der Waals surface area contributed by atoms with E-state index in [0.29, 0.717) is 22.6 Å². The molecule has 0 aliphatic rings. The van der Waals surface area contributed by atoms with Gasteiger partial charge < -0.3 is 14.6 Å². The van der Waals surface area contributed by atoms with E-state index in [9.17, 15) is 9.90 Å². The highest BCUT2D eigenvalue weighted by atomic mass is 16.5. The molecule has 4 nitrogen and oxygen atoms in total. The SMILES string of the molecule is COc1ccccc1/C=C(\C(=O)O)c1cc(C)ccc1OC. The van der Waals surface area contributed by atoms with E-state index in [1.165, 1.54) is 7.11 Å². The summed E-state index contributed by atoms with van der Waals surface area (Å²) in [4.78, 5) is 11.7. The largest absolute Gasteiger partial charge is 0.496 e. The van der Waals surface area contributed by atoms with Crippen molar-refractivity contribution in [1.82, 2.24) is 0 Å².